The van der Waals surface area contributed by atoms with Crippen LogP contribution >= 0.6 is 11.8 Å². The fourth-order valence-corrected chi connectivity index (χ4v) is 2.94. The first kappa shape index (κ1) is 15.6. The van der Waals surface area contributed by atoms with Crippen LogP contribution in [0.2, 0.25) is 0 Å². The number of rotatable bonds is 7. The van der Waals surface area contributed by atoms with Crippen LogP contribution in [0.5, 0.6) is 0 Å². The maximum atomic E-state index is 12.9. The molecule has 2 nitrogen and oxygen atoms in total. The summed E-state index contributed by atoms with van der Waals surface area (Å²) < 4.78 is 12.9. The van der Waals surface area contributed by atoms with Crippen LogP contribution in [-0.4, -0.2) is 23.6 Å². The lowest BCUT2D eigenvalue weighted by Gasteiger charge is -2.25. The minimum absolute atomic E-state index is 0.0560. The fraction of sp³-hybridized carbons (Fsp3) is 0.235. The van der Waals surface area contributed by atoms with Crippen molar-refractivity contribution < 1.29 is 9.18 Å². The van der Waals surface area contributed by atoms with Crippen LogP contribution in [-0.2, 0) is 4.79 Å². The average Bonchev–Trinajstić information content (AvgIpc) is 2.53. The number of hydrogen-bond donors (Lipinski definition) is 0. The lowest BCUT2D eigenvalue weighted by Crippen LogP contribution is -2.27. The summed E-state index contributed by atoms with van der Waals surface area (Å²) in [5, 5.41) is 0. The number of thioether (sulfide) groups is 1. The number of hydrogen-bond acceptors (Lipinski definition) is 2. The number of halogens is 1. The average molecular weight is 303 g/mol. The van der Waals surface area contributed by atoms with Crippen molar-refractivity contribution in [2.45, 2.75) is 17.9 Å². The lowest BCUT2D eigenvalue weighted by atomic mass is 10.1. The van der Waals surface area contributed by atoms with Gasteiger partial charge in [0.15, 0.2) is 0 Å². The fourth-order valence-electron chi connectivity index (χ4n) is 2.06. The van der Waals surface area contributed by atoms with E-state index in [0.717, 1.165) is 17.7 Å². The van der Waals surface area contributed by atoms with Crippen molar-refractivity contribution in [2.24, 2.45) is 0 Å². The highest BCUT2D eigenvalue weighted by atomic mass is 32.2. The Balaban J connectivity index is 1.90. The third-order valence-electron chi connectivity index (χ3n) is 3.35. The predicted molar refractivity (Wildman–Crippen MR) is 84.8 cm³/mol. The highest BCUT2D eigenvalue weighted by molar-refractivity contribution is 7.99. The Morgan fingerprint density at radius 2 is 1.81 bits per heavy atom. The van der Waals surface area contributed by atoms with Crippen molar-refractivity contribution in [1.29, 1.82) is 0 Å². The minimum atomic E-state index is -0.261. The van der Waals surface area contributed by atoms with Gasteiger partial charge in [0, 0.05) is 17.2 Å². The summed E-state index contributed by atoms with van der Waals surface area (Å²) in [6.45, 7) is 2.61. The zero-order valence-electron chi connectivity index (χ0n) is 11.9. The molecule has 2 aromatic carbocycles. The molecule has 0 heterocycles. The van der Waals surface area contributed by atoms with E-state index in [1.807, 2.05) is 25.1 Å². The Kier molecular flexibility index (Phi) is 5.81. The van der Waals surface area contributed by atoms with E-state index in [1.165, 1.54) is 17.0 Å². The lowest BCUT2D eigenvalue weighted by molar-refractivity contribution is -0.119. The molecule has 2 aromatic rings. The number of amides is 1. The van der Waals surface area contributed by atoms with Gasteiger partial charge in [-0.3, -0.25) is 4.79 Å². The molecule has 0 aliphatic heterocycles. The summed E-state index contributed by atoms with van der Waals surface area (Å²) in [6, 6.07) is 16.3. The summed E-state index contributed by atoms with van der Waals surface area (Å²) in [5.74, 6) is 0.567. The van der Waals surface area contributed by atoms with E-state index >= 15 is 0 Å². The second kappa shape index (κ2) is 7.84. The van der Waals surface area contributed by atoms with Crippen molar-refractivity contribution in [1.82, 2.24) is 4.90 Å². The van der Waals surface area contributed by atoms with Crippen LogP contribution in [0, 0.1) is 5.82 Å². The molecule has 1 unspecified atom stereocenters. The first-order valence-electron chi connectivity index (χ1n) is 6.85. The van der Waals surface area contributed by atoms with Crippen molar-refractivity contribution in [2.75, 3.05) is 12.3 Å². The van der Waals surface area contributed by atoms with Gasteiger partial charge in [-0.2, -0.15) is 0 Å². The van der Waals surface area contributed by atoms with E-state index in [9.17, 15) is 9.18 Å². The molecular formula is C17H18FNOS. The summed E-state index contributed by atoms with van der Waals surface area (Å²) in [5.41, 5.74) is 0.938. The highest BCUT2D eigenvalue weighted by Crippen LogP contribution is 2.21. The molecular weight excluding hydrogens is 285 g/mol. The Morgan fingerprint density at radius 1 is 1.14 bits per heavy atom. The highest BCUT2D eigenvalue weighted by Gasteiger charge is 2.13. The zero-order valence-corrected chi connectivity index (χ0v) is 12.7. The summed E-state index contributed by atoms with van der Waals surface area (Å²) >= 11 is 1.72. The maximum Gasteiger partial charge on any atom is 0.210 e. The van der Waals surface area contributed by atoms with Gasteiger partial charge in [-0.05, 0) is 36.8 Å². The maximum absolute atomic E-state index is 12.9. The van der Waals surface area contributed by atoms with E-state index in [-0.39, 0.29) is 11.9 Å². The quantitative estimate of drug-likeness (QED) is 0.566. The SMILES string of the molecule is CC(c1ccc(F)cc1)N(C=O)CCSc1ccccc1. The van der Waals surface area contributed by atoms with Crippen LogP contribution < -0.4 is 0 Å². The van der Waals surface area contributed by atoms with Gasteiger partial charge in [0.05, 0.1) is 6.04 Å². The van der Waals surface area contributed by atoms with Gasteiger partial charge >= 0.3 is 0 Å². The summed E-state index contributed by atoms with van der Waals surface area (Å²) in [4.78, 5) is 14.2. The standard InChI is InChI=1S/C17H18FNOS/c1-14(15-7-9-16(18)10-8-15)19(13-20)11-12-21-17-5-3-2-4-6-17/h2-10,13-14H,11-12H2,1H3. The Bertz CT molecular complexity index is 559. The number of carbonyl (C=O) groups is 1. The van der Waals surface area contributed by atoms with E-state index < -0.39 is 0 Å². The normalized spacial score (nSPS) is 11.9. The van der Waals surface area contributed by atoms with Gasteiger partial charge < -0.3 is 4.90 Å². The van der Waals surface area contributed by atoms with Crippen LogP contribution in [0.25, 0.3) is 0 Å². The van der Waals surface area contributed by atoms with Gasteiger partial charge in [0.1, 0.15) is 5.82 Å². The molecule has 0 N–H and O–H groups in total. The second-order valence-corrected chi connectivity index (χ2v) is 5.90. The molecule has 0 spiro atoms. The first-order valence-corrected chi connectivity index (χ1v) is 7.83. The van der Waals surface area contributed by atoms with Crippen LogP contribution in [0.15, 0.2) is 59.5 Å². The molecule has 110 valence electrons. The predicted octanol–water partition coefficient (Wildman–Crippen LogP) is 4.14. The molecule has 4 heteroatoms. The molecule has 21 heavy (non-hydrogen) atoms. The van der Waals surface area contributed by atoms with Gasteiger partial charge in [0.25, 0.3) is 0 Å². The Labute approximate surface area is 129 Å². The molecule has 0 fully saturated rings. The van der Waals surface area contributed by atoms with Crippen LogP contribution in [0.4, 0.5) is 4.39 Å². The van der Waals surface area contributed by atoms with Gasteiger partial charge in [0.2, 0.25) is 6.41 Å². The summed E-state index contributed by atoms with van der Waals surface area (Å²) in [6.07, 6.45) is 0.861. The summed E-state index contributed by atoms with van der Waals surface area (Å²) in [7, 11) is 0. The Morgan fingerprint density at radius 3 is 2.43 bits per heavy atom. The first-order chi connectivity index (χ1) is 10.2. The van der Waals surface area contributed by atoms with E-state index in [0.29, 0.717) is 6.54 Å². The molecule has 0 aromatic heterocycles. The molecule has 0 aliphatic rings. The van der Waals surface area contributed by atoms with Crippen molar-refractivity contribution in [3.05, 3.63) is 66.0 Å². The molecule has 0 radical (unpaired) electrons. The molecule has 0 aliphatic carbocycles. The van der Waals surface area contributed by atoms with E-state index in [4.69, 9.17) is 0 Å². The molecule has 0 saturated heterocycles. The molecule has 1 atom stereocenters. The zero-order chi connectivity index (χ0) is 15.1. The van der Waals surface area contributed by atoms with Crippen molar-refractivity contribution >= 4 is 18.2 Å². The Hall–Kier alpha value is -1.81. The third-order valence-corrected chi connectivity index (χ3v) is 4.34. The topological polar surface area (TPSA) is 20.3 Å². The monoisotopic (exact) mass is 303 g/mol. The number of carbonyl (C=O) groups excluding carboxylic acids is 1. The number of benzene rings is 2. The molecule has 1 amide bonds. The molecule has 2 rings (SSSR count). The minimum Gasteiger partial charge on any atom is -0.338 e. The third kappa shape index (κ3) is 4.60. The van der Waals surface area contributed by atoms with Gasteiger partial charge in [-0.1, -0.05) is 30.3 Å². The van der Waals surface area contributed by atoms with Crippen LogP contribution in [0.3, 0.4) is 0 Å². The molecule has 0 saturated carbocycles. The van der Waals surface area contributed by atoms with Gasteiger partial charge in [-0.25, -0.2) is 4.39 Å². The van der Waals surface area contributed by atoms with E-state index in [1.54, 1.807) is 28.8 Å². The van der Waals surface area contributed by atoms with Crippen LogP contribution in [0.1, 0.15) is 18.5 Å². The largest absolute Gasteiger partial charge is 0.338 e. The number of nitrogens with zero attached hydrogens (tertiary/aromatic N) is 1. The van der Waals surface area contributed by atoms with Gasteiger partial charge in [-0.15, -0.1) is 11.8 Å². The van der Waals surface area contributed by atoms with E-state index in [2.05, 4.69) is 12.1 Å². The molecule has 0 bridgehead atoms. The van der Waals surface area contributed by atoms with Crippen molar-refractivity contribution in [3.8, 4) is 0 Å². The smallest absolute Gasteiger partial charge is 0.210 e. The van der Waals surface area contributed by atoms with Crippen molar-refractivity contribution in [3.63, 3.8) is 0 Å². The second-order valence-electron chi connectivity index (χ2n) is 4.73.